The lowest BCUT2D eigenvalue weighted by Gasteiger charge is -2.36. The lowest BCUT2D eigenvalue weighted by Crippen LogP contribution is -2.60. The first kappa shape index (κ1) is 34.9. The molecule has 2 aliphatic rings. The molecule has 0 saturated carbocycles. The smallest absolute Gasteiger partial charge is 0.374 e. The van der Waals surface area contributed by atoms with Crippen molar-refractivity contribution in [3.63, 3.8) is 0 Å². The molecule has 4 rings (SSSR count). The summed E-state index contributed by atoms with van der Waals surface area (Å²) in [6.07, 6.45) is -0.0106. The Morgan fingerprint density at radius 2 is 1.50 bits per heavy atom. The van der Waals surface area contributed by atoms with Crippen LogP contribution in [0, 0.1) is 5.92 Å². The number of hydrogen-bond donors (Lipinski definition) is 3. The number of amides is 4. The molecular weight excluding hydrogens is 606 g/mol. The molecule has 238 valence electrons. The summed E-state index contributed by atoms with van der Waals surface area (Å²) in [5, 5.41) is 14.5. The minimum atomic E-state index is -1.65. The maximum Gasteiger partial charge on any atom is 0.374 e. The van der Waals surface area contributed by atoms with Gasteiger partial charge in [-0.15, -0.1) is 24.2 Å². The van der Waals surface area contributed by atoms with Gasteiger partial charge in [0, 0.05) is 38.4 Å². The fraction of sp³-hybridized carbons (Fsp3) is 0.452. The molecule has 0 bridgehead atoms. The number of Topliss-reactive ketones (excluding diaryl/α,β-unsaturated/α-hetero) is 1. The summed E-state index contributed by atoms with van der Waals surface area (Å²) in [4.78, 5) is 70.9. The van der Waals surface area contributed by atoms with Crippen molar-refractivity contribution >= 4 is 53.8 Å². The van der Waals surface area contributed by atoms with Crippen molar-refractivity contribution in [2.24, 2.45) is 5.92 Å². The number of likely N-dealkylation sites (N-methyl/N-ethyl adjacent to an activating group) is 1. The molecule has 1 unspecified atom stereocenters. The second-order valence-electron chi connectivity index (χ2n) is 11.2. The third kappa shape index (κ3) is 8.52. The summed E-state index contributed by atoms with van der Waals surface area (Å²) in [7, 11) is 1.99. The van der Waals surface area contributed by atoms with E-state index in [1.54, 1.807) is 35.2 Å². The second kappa shape index (κ2) is 15.9. The van der Waals surface area contributed by atoms with E-state index in [0.717, 1.165) is 18.7 Å². The highest BCUT2D eigenvalue weighted by molar-refractivity contribution is 7.99. The van der Waals surface area contributed by atoms with E-state index in [4.69, 9.17) is 0 Å². The second-order valence-corrected chi connectivity index (χ2v) is 12.4. The molecule has 0 aromatic heterocycles. The summed E-state index contributed by atoms with van der Waals surface area (Å²) in [5.41, 5.74) is 1.50. The summed E-state index contributed by atoms with van der Waals surface area (Å²) >= 11 is 1.40. The molecule has 13 heteroatoms. The number of halogens is 1. The number of urea groups is 1. The zero-order chi connectivity index (χ0) is 31.1. The van der Waals surface area contributed by atoms with E-state index >= 15 is 0 Å². The number of nitrogens with one attached hydrogen (secondary N) is 2. The number of benzene rings is 2. The van der Waals surface area contributed by atoms with Crippen molar-refractivity contribution in [3.05, 3.63) is 71.8 Å². The number of carboxylic acid groups (broad SMARTS) is 1. The fourth-order valence-corrected chi connectivity index (χ4v) is 6.67. The number of nitrogens with zero attached hydrogens (tertiary/aromatic N) is 3. The van der Waals surface area contributed by atoms with Gasteiger partial charge in [0.25, 0.3) is 5.78 Å². The van der Waals surface area contributed by atoms with Gasteiger partial charge in [-0.3, -0.25) is 14.4 Å². The first-order valence-corrected chi connectivity index (χ1v) is 15.5. The number of aliphatic carboxylic acids is 1. The molecule has 0 aliphatic carbocycles. The van der Waals surface area contributed by atoms with Crippen molar-refractivity contribution in [2.45, 2.75) is 43.8 Å². The number of hydrogen-bond acceptors (Lipinski definition) is 7. The summed E-state index contributed by atoms with van der Waals surface area (Å²) in [6.45, 7) is 6.22. The topological polar surface area (TPSA) is 139 Å². The van der Waals surface area contributed by atoms with Gasteiger partial charge in [-0.25, -0.2) is 9.59 Å². The minimum absolute atomic E-state index is 0. The average molecular weight is 646 g/mol. The van der Waals surface area contributed by atoms with Gasteiger partial charge in [0.05, 0.1) is 0 Å². The van der Waals surface area contributed by atoms with Crippen molar-refractivity contribution in [1.82, 2.24) is 25.3 Å². The molecular formula is C31H40ClN5O6S. The molecule has 44 heavy (non-hydrogen) atoms. The maximum absolute atomic E-state index is 14.3. The Morgan fingerprint density at radius 3 is 2.07 bits per heavy atom. The summed E-state index contributed by atoms with van der Waals surface area (Å²) in [6, 6.07) is 14.6. The van der Waals surface area contributed by atoms with E-state index in [9.17, 15) is 29.1 Å². The van der Waals surface area contributed by atoms with Crippen molar-refractivity contribution in [3.8, 4) is 0 Å². The van der Waals surface area contributed by atoms with Crippen LogP contribution in [-0.2, 0) is 25.6 Å². The van der Waals surface area contributed by atoms with Gasteiger partial charge < -0.3 is 30.4 Å². The Bertz CT molecular complexity index is 1310. The lowest BCUT2D eigenvalue weighted by atomic mass is 10.00. The first-order valence-electron chi connectivity index (χ1n) is 14.4. The minimum Gasteiger partial charge on any atom is -0.475 e. The summed E-state index contributed by atoms with van der Waals surface area (Å²) in [5.74, 6) is -3.88. The van der Waals surface area contributed by atoms with Gasteiger partial charge in [0.2, 0.25) is 11.8 Å². The first-order chi connectivity index (χ1) is 20.6. The van der Waals surface area contributed by atoms with Crippen molar-refractivity contribution < 1.29 is 29.1 Å². The number of carboxylic acids is 1. The van der Waals surface area contributed by atoms with Crippen LogP contribution in [0.5, 0.6) is 0 Å². The number of thioether (sulfide) groups is 1. The fourth-order valence-electron chi connectivity index (χ4n) is 5.24. The third-order valence-electron chi connectivity index (χ3n) is 7.77. The van der Waals surface area contributed by atoms with Crippen LogP contribution in [0.15, 0.2) is 60.7 Å². The lowest BCUT2D eigenvalue weighted by molar-refractivity contribution is -0.151. The van der Waals surface area contributed by atoms with Gasteiger partial charge in [-0.1, -0.05) is 74.5 Å². The summed E-state index contributed by atoms with van der Waals surface area (Å²) < 4.78 is 0. The average Bonchev–Trinajstić information content (AvgIpc) is 3.45. The Morgan fingerprint density at radius 1 is 0.909 bits per heavy atom. The van der Waals surface area contributed by atoms with E-state index in [1.807, 2.05) is 51.2 Å². The molecule has 2 saturated heterocycles. The van der Waals surface area contributed by atoms with Crippen LogP contribution in [0.25, 0.3) is 0 Å². The zero-order valence-electron chi connectivity index (χ0n) is 25.0. The van der Waals surface area contributed by atoms with E-state index in [-0.39, 0.29) is 36.5 Å². The van der Waals surface area contributed by atoms with Crippen LogP contribution in [0.2, 0.25) is 0 Å². The Hall–Kier alpha value is -3.61. The van der Waals surface area contributed by atoms with Crippen molar-refractivity contribution in [1.29, 1.82) is 0 Å². The van der Waals surface area contributed by atoms with Crippen LogP contribution < -0.4 is 10.6 Å². The molecule has 4 amide bonds. The Kier molecular flexibility index (Phi) is 12.6. The molecule has 4 atom stereocenters. The number of rotatable bonds is 10. The van der Waals surface area contributed by atoms with Crippen LogP contribution in [0.4, 0.5) is 4.79 Å². The van der Waals surface area contributed by atoms with Crippen LogP contribution in [0.1, 0.15) is 30.3 Å². The van der Waals surface area contributed by atoms with Gasteiger partial charge in [0.1, 0.15) is 23.5 Å². The predicted molar refractivity (Wildman–Crippen MR) is 170 cm³/mol. The molecule has 2 fully saturated rings. The number of carbonyl (C=O) groups excluding carboxylic acids is 4. The highest BCUT2D eigenvalue weighted by Crippen LogP contribution is 2.42. The van der Waals surface area contributed by atoms with E-state index in [2.05, 4.69) is 15.5 Å². The monoisotopic (exact) mass is 645 g/mol. The predicted octanol–water partition coefficient (Wildman–Crippen LogP) is 2.41. The van der Waals surface area contributed by atoms with Gasteiger partial charge >= 0.3 is 12.0 Å². The Balaban J connectivity index is 0.00000529. The molecule has 11 nitrogen and oxygen atoms in total. The number of carbonyl (C=O) groups is 5. The third-order valence-corrected chi connectivity index (χ3v) is 9.09. The molecule has 2 aromatic rings. The quantitative estimate of drug-likeness (QED) is 0.335. The zero-order valence-corrected chi connectivity index (χ0v) is 26.7. The van der Waals surface area contributed by atoms with E-state index < -0.39 is 47.1 Å². The SMILES string of the molecule is CC(C)[C@H](NC(=O)N1CCN(C)CC1)C(=O)N1C(c2ccccc2)SC[C@H]1C(=O)N[C@@H](Cc1ccccc1)C(=O)C(=O)O.Cl. The van der Waals surface area contributed by atoms with Crippen LogP contribution in [-0.4, -0.2) is 107 Å². The number of ketones is 1. The maximum atomic E-state index is 14.3. The number of piperazine rings is 1. The molecule has 2 aromatic carbocycles. The standard InChI is InChI=1S/C31H39N5O6S.ClH/c1-20(2)25(33-31(42)35-16-14-34(3)15-17-35)28(39)36-24(19-43-29(36)22-12-8-5-9-13-22)27(38)32-23(26(37)30(40)41)18-21-10-6-4-7-11-21;/h4-13,20,23-25,29H,14-19H2,1-3H3,(H,32,38)(H,33,42)(H,40,41);1H/t23-,24-,25-,29?;/m0./s1. The van der Waals surface area contributed by atoms with Crippen LogP contribution in [0.3, 0.4) is 0 Å². The van der Waals surface area contributed by atoms with Gasteiger partial charge in [0.15, 0.2) is 0 Å². The van der Waals surface area contributed by atoms with Crippen molar-refractivity contribution in [2.75, 3.05) is 39.0 Å². The normalized spacial score (nSPS) is 19.9. The van der Waals surface area contributed by atoms with Gasteiger partial charge in [-0.2, -0.15) is 0 Å². The molecule has 0 radical (unpaired) electrons. The van der Waals surface area contributed by atoms with Gasteiger partial charge in [-0.05, 0) is 24.1 Å². The molecule has 0 spiro atoms. The highest BCUT2D eigenvalue weighted by atomic mass is 35.5. The Labute approximate surface area is 268 Å². The van der Waals surface area contributed by atoms with Crippen LogP contribution >= 0.6 is 24.2 Å². The van der Waals surface area contributed by atoms with E-state index in [1.165, 1.54) is 16.7 Å². The van der Waals surface area contributed by atoms with E-state index in [0.29, 0.717) is 18.7 Å². The molecule has 3 N–H and O–H groups in total. The molecule has 2 heterocycles. The largest absolute Gasteiger partial charge is 0.475 e. The molecule has 2 aliphatic heterocycles. The highest BCUT2D eigenvalue weighted by Gasteiger charge is 2.46.